The second-order valence-electron chi connectivity index (χ2n) is 4.90. The largest absolute Gasteiger partial charge is 0.497 e. The van der Waals surface area contributed by atoms with Crippen LogP contribution in [0.4, 0.5) is 10.1 Å². The molecule has 2 aromatic rings. The van der Waals surface area contributed by atoms with Gasteiger partial charge in [-0.2, -0.15) is 0 Å². The summed E-state index contributed by atoms with van der Waals surface area (Å²) in [6.45, 7) is -0.529. The first-order valence-electron chi connectivity index (χ1n) is 7.13. The smallest absolute Gasteiger partial charge is 0.244 e. The first-order chi connectivity index (χ1) is 11.9. The fraction of sp³-hybridized carbons (Fsp3) is 0.188. The third-order valence-electron chi connectivity index (χ3n) is 3.19. The molecule has 0 unspecified atom stereocenters. The van der Waals surface area contributed by atoms with Crippen LogP contribution in [0.2, 0.25) is 0 Å². The number of hydrogen-bond donors (Lipinski definition) is 2. The van der Waals surface area contributed by atoms with Crippen LogP contribution < -0.4 is 19.5 Å². The number of amides is 1. The van der Waals surface area contributed by atoms with E-state index in [1.165, 1.54) is 44.6 Å². The van der Waals surface area contributed by atoms with E-state index in [4.69, 9.17) is 9.47 Å². The Hall–Kier alpha value is -2.65. The van der Waals surface area contributed by atoms with E-state index in [2.05, 4.69) is 10.0 Å². The zero-order valence-corrected chi connectivity index (χ0v) is 14.4. The van der Waals surface area contributed by atoms with Gasteiger partial charge < -0.3 is 14.8 Å². The summed E-state index contributed by atoms with van der Waals surface area (Å²) in [6, 6.07) is 9.54. The van der Waals surface area contributed by atoms with Crippen molar-refractivity contribution in [3.8, 4) is 11.5 Å². The van der Waals surface area contributed by atoms with E-state index >= 15 is 0 Å². The van der Waals surface area contributed by atoms with Crippen molar-refractivity contribution in [2.24, 2.45) is 0 Å². The molecule has 0 aliphatic rings. The van der Waals surface area contributed by atoms with E-state index in [1.54, 1.807) is 6.07 Å². The number of carbonyl (C=O) groups excluding carboxylic acids is 1. The van der Waals surface area contributed by atoms with Gasteiger partial charge >= 0.3 is 0 Å². The zero-order chi connectivity index (χ0) is 18.4. The van der Waals surface area contributed by atoms with Gasteiger partial charge in [0.25, 0.3) is 0 Å². The van der Waals surface area contributed by atoms with Gasteiger partial charge in [0.2, 0.25) is 15.9 Å². The molecule has 7 nitrogen and oxygen atoms in total. The topological polar surface area (TPSA) is 93.7 Å². The molecule has 0 saturated heterocycles. The molecule has 0 radical (unpaired) electrons. The quantitative estimate of drug-likeness (QED) is 0.777. The molecule has 0 heterocycles. The molecule has 2 rings (SSSR count). The molecule has 25 heavy (non-hydrogen) atoms. The second kappa shape index (κ2) is 7.95. The maximum atomic E-state index is 13.1. The van der Waals surface area contributed by atoms with Crippen LogP contribution in [-0.2, 0) is 14.8 Å². The van der Waals surface area contributed by atoms with E-state index in [0.717, 1.165) is 6.07 Å². The van der Waals surface area contributed by atoms with E-state index in [-0.39, 0.29) is 16.3 Å². The van der Waals surface area contributed by atoms with Crippen molar-refractivity contribution < 1.29 is 27.1 Å². The highest BCUT2D eigenvalue weighted by molar-refractivity contribution is 7.89. The number of carbonyl (C=O) groups is 1. The summed E-state index contributed by atoms with van der Waals surface area (Å²) in [4.78, 5) is 11.7. The Kier molecular flexibility index (Phi) is 5.94. The maximum Gasteiger partial charge on any atom is 0.244 e. The Bertz CT molecular complexity index is 871. The molecule has 1 amide bonds. The van der Waals surface area contributed by atoms with Crippen molar-refractivity contribution in [1.29, 1.82) is 0 Å². The number of anilines is 1. The van der Waals surface area contributed by atoms with Gasteiger partial charge in [-0.05, 0) is 30.3 Å². The highest BCUT2D eigenvalue weighted by atomic mass is 32.2. The summed E-state index contributed by atoms with van der Waals surface area (Å²) in [5, 5.41) is 2.40. The Morgan fingerprint density at radius 1 is 1.12 bits per heavy atom. The van der Waals surface area contributed by atoms with Crippen molar-refractivity contribution in [3.05, 3.63) is 48.3 Å². The van der Waals surface area contributed by atoms with Crippen LogP contribution >= 0.6 is 0 Å². The number of hydrogen-bond acceptors (Lipinski definition) is 5. The van der Waals surface area contributed by atoms with Gasteiger partial charge in [-0.15, -0.1) is 0 Å². The van der Waals surface area contributed by atoms with Crippen LogP contribution in [0.1, 0.15) is 0 Å². The summed E-state index contributed by atoms with van der Waals surface area (Å²) in [6.07, 6.45) is 0. The Morgan fingerprint density at radius 2 is 1.88 bits per heavy atom. The summed E-state index contributed by atoms with van der Waals surface area (Å²) in [7, 11) is -1.29. The molecule has 0 aromatic heterocycles. The summed E-state index contributed by atoms with van der Waals surface area (Å²) >= 11 is 0. The van der Waals surface area contributed by atoms with Crippen molar-refractivity contribution in [3.63, 3.8) is 0 Å². The van der Waals surface area contributed by atoms with Crippen molar-refractivity contribution >= 4 is 21.6 Å². The first kappa shape index (κ1) is 18.7. The number of rotatable bonds is 7. The normalized spacial score (nSPS) is 11.0. The molecule has 0 atom stereocenters. The minimum atomic E-state index is -4.02. The lowest BCUT2D eigenvalue weighted by molar-refractivity contribution is -0.115. The minimum Gasteiger partial charge on any atom is -0.497 e. The third-order valence-corrected chi connectivity index (χ3v) is 4.61. The molecule has 0 spiro atoms. The number of ether oxygens (including phenoxy) is 2. The van der Waals surface area contributed by atoms with Crippen molar-refractivity contribution in [2.45, 2.75) is 4.90 Å². The summed E-state index contributed by atoms with van der Waals surface area (Å²) < 4.78 is 50.1. The predicted octanol–water partition coefficient (Wildman–Crippen LogP) is 1.76. The van der Waals surface area contributed by atoms with E-state index in [1.807, 2.05) is 0 Å². The van der Waals surface area contributed by atoms with Crippen molar-refractivity contribution in [1.82, 2.24) is 4.72 Å². The van der Waals surface area contributed by atoms with Crippen LogP contribution in [-0.4, -0.2) is 35.1 Å². The molecule has 0 aliphatic carbocycles. The standard InChI is InChI=1S/C16H17FN2O5S/c1-23-13-6-7-14(24-2)15(9-13)25(21,22)18-10-16(20)19-12-5-3-4-11(17)8-12/h3-9,18H,10H2,1-2H3,(H,19,20). The van der Waals surface area contributed by atoms with Crippen LogP contribution in [0.25, 0.3) is 0 Å². The lowest BCUT2D eigenvalue weighted by atomic mass is 10.3. The van der Waals surface area contributed by atoms with E-state index < -0.39 is 28.3 Å². The lowest BCUT2D eigenvalue weighted by Crippen LogP contribution is -2.33. The highest BCUT2D eigenvalue weighted by Crippen LogP contribution is 2.27. The molecule has 0 bridgehead atoms. The number of benzene rings is 2. The average molecular weight is 368 g/mol. The molecule has 0 fully saturated rings. The first-order valence-corrected chi connectivity index (χ1v) is 8.61. The molecule has 2 N–H and O–H groups in total. The fourth-order valence-corrected chi connectivity index (χ4v) is 3.17. The SMILES string of the molecule is COc1ccc(OC)c(S(=O)(=O)NCC(=O)Nc2cccc(F)c2)c1. The van der Waals surface area contributed by atoms with Crippen LogP contribution in [0.15, 0.2) is 47.4 Å². The monoisotopic (exact) mass is 368 g/mol. The second-order valence-corrected chi connectivity index (χ2v) is 6.64. The van der Waals surface area contributed by atoms with Crippen LogP contribution in [0.5, 0.6) is 11.5 Å². The third kappa shape index (κ3) is 4.91. The predicted molar refractivity (Wildman–Crippen MR) is 89.8 cm³/mol. The Labute approximate surface area is 144 Å². The van der Waals surface area contributed by atoms with Gasteiger partial charge in [-0.25, -0.2) is 17.5 Å². The zero-order valence-electron chi connectivity index (χ0n) is 13.6. The number of methoxy groups -OCH3 is 2. The van der Waals surface area contributed by atoms with Gasteiger partial charge in [-0.1, -0.05) is 6.07 Å². The van der Waals surface area contributed by atoms with E-state index in [0.29, 0.717) is 5.75 Å². The molecule has 0 aliphatic heterocycles. The molecular formula is C16H17FN2O5S. The molecule has 9 heteroatoms. The summed E-state index contributed by atoms with van der Waals surface area (Å²) in [5.74, 6) is -0.722. The van der Waals surface area contributed by atoms with Gasteiger partial charge in [0, 0.05) is 11.8 Å². The maximum absolute atomic E-state index is 13.1. The van der Waals surface area contributed by atoms with E-state index in [9.17, 15) is 17.6 Å². The van der Waals surface area contributed by atoms with Crippen LogP contribution in [0, 0.1) is 5.82 Å². The molecule has 0 saturated carbocycles. The number of nitrogens with one attached hydrogen (secondary N) is 2. The van der Waals surface area contributed by atoms with Gasteiger partial charge in [-0.3, -0.25) is 4.79 Å². The Morgan fingerprint density at radius 3 is 2.52 bits per heavy atom. The average Bonchev–Trinajstić information content (AvgIpc) is 2.59. The molecule has 2 aromatic carbocycles. The van der Waals surface area contributed by atoms with Gasteiger partial charge in [0.05, 0.1) is 20.8 Å². The molecule has 134 valence electrons. The van der Waals surface area contributed by atoms with Gasteiger partial charge in [0.1, 0.15) is 22.2 Å². The lowest BCUT2D eigenvalue weighted by Gasteiger charge is -2.12. The van der Waals surface area contributed by atoms with Crippen LogP contribution in [0.3, 0.4) is 0 Å². The number of sulfonamides is 1. The summed E-state index contributed by atoms with van der Waals surface area (Å²) in [5.41, 5.74) is 0.225. The fourth-order valence-electron chi connectivity index (χ4n) is 2.00. The minimum absolute atomic E-state index is 0.110. The van der Waals surface area contributed by atoms with Gasteiger partial charge in [0.15, 0.2) is 0 Å². The Balaban J connectivity index is 2.10. The highest BCUT2D eigenvalue weighted by Gasteiger charge is 2.21. The number of halogens is 1. The molecular weight excluding hydrogens is 351 g/mol. The van der Waals surface area contributed by atoms with Crippen molar-refractivity contribution in [2.75, 3.05) is 26.1 Å².